The van der Waals surface area contributed by atoms with E-state index in [0.29, 0.717) is 29.2 Å². The number of imidazole rings is 1. The van der Waals surface area contributed by atoms with Crippen LogP contribution >= 0.6 is 0 Å². The van der Waals surface area contributed by atoms with Crippen LogP contribution in [0.1, 0.15) is 27.7 Å². The van der Waals surface area contributed by atoms with E-state index in [9.17, 15) is 14.9 Å². The molecule has 2 aliphatic heterocycles. The second-order valence-electron chi connectivity index (χ2n) is 9.00. The molecule has 1 spiro atoms. The van der Waals surface area contributed by atoms with Gasteiger partial charge < -0.3 is 14.9 Å². The first kappa shape index (κ1) is 20.4. The van der Waals surface area contributed by atoms with Crippen LogP contribution in [0.15, 0.2) is 67.1 Å². The molecule has 0 aliphatic carbocycles. The van der Waals surface area contributed by atoms with Gasteiger partial charge in [-0.25, -0.2) is 4.98 Å². The summed E-state index contributed by atoms with van der Waals surface area (Å²) in [6.45, 7) is 0.309. The number of H-pyrrole nitrogens is 2. The summed E-state index contributed by atoms with van der Waals surface area (Å²) in [5.41, 5.74) is -0.713. The maximum Gasteiger partial charge on any atom is 0.254 e. The number of nitriles is 1. The number of hydrogen-bond acceptors (Lipinski definition) is 5. The van der Waals surface area contributed by atoms with Crippen molar-refractivity contribution < 1.29 is 9.59 Å². The van der Waals surface area contributed by atoms with E-state index in [1.165, 1.54) is 0 Å². The number of carbonyl (C=O) groups excluding carboxylic acids is 2. The molecule has 1 saturated heterocycles. The van der Waals surface area contributed by atoms with Crippen molar-refractivity contribution in [3.8, 4) is 6.07 Å². The van der Waals surface area contributed by atoms with E-state index < -0.39 is 22.7 Å². The minimum atomic E-state index is -1.76. The van der Waals surface area contributed by atoms with Crippen LogP contribution in [0.4, 0.5) is 5.69 Å². The molecule has 8 nitrogen and oxygen atoms in total. The number of anilines is 1. The second-order valence-corrected chi connectivity index (χ2v) is 9.00. The minimum absolute atomic E-state index is 0.292. The Morgan fingerprint density at radius 3 is 2.68 bits per heavy atom. The van der Waals surface area contributed by atoms with Crippen LogP contribution in [0.25, 0.3) is 10.9 Å². The Kier molecular flexibility index (Phi) is 4.13. The van der Waals surface area contributed by atoms with Gasteiger partial charge in [-0.15, -0.1) is 0 Å². The van der Waals surface area contributed by atoms with Crippen LogP contribution in [-0.2, 0) is 10.3 Å². The molecule has 4 aromatic rings. The van der Waals surface area contributed by atoms with Gasteiger partial charge in [0.05, 0.1) is 12.0 Å². The number of ketones is 1. The summed E-state index contributed by atoms with van der Waals surface area (Å²) in [4.78, 5) is 43.0. The highest BCUT2D eigenvalue weighted by Crippen LogP contribution is 2.63. The monoisotopic (exact) mass is 450 g/mol. The molecular weight excluding hydrogens is 428 g/mol. The average Bonchev–Trinajstić information content (AvgIpc) is 3.62. The molecule has 168 valence electrons. The van der Waals surface area contributed by atoms with Crippen molar-refractivity contribution in [3.63, 3.8) is 0 Å². The molecule has 0 radical (unpaired) electrons. The van der Waals surface area contributed by atoms with E-state index in [0.717, 1.165) is 10.9 Å². The zero-order valence-corrected chi connectivity index (χ0v) is 18.7. The first-order valence-electron chi connectivity index (χ1n) is 11.1. The van der Waals surface area contributed by atoms with Gasteiger partial charge >= 0.3 is 0 Å². The van der Waals surface area contributed by atoms with Gasteiger partial charge in [-0.1, -0.05) is 36.4 Å². The maximum absolute atomic E-state index is 14.7. The molecule has 2 aromatic carbocycles. The highest BCUT2D eigenvalue weighted by Gasteiger charge is 2.76. The standard InChI is InChI=1S/C26H22N6O2/c1-31-14-19(23-28-11-12-29-23)25(15-27,22(33)17-13-30-20-9-5-3-7-16(17)20)26(31)18-8-4-6-10-21(18)32(2)24(26)34/h3-13,19,30H,14H2,1-2H3,(H,28,29)/t19-,25+,26-/m1/s1. The van der Waals surface area contributed by atoms with E-state index in [1.54, 1.807) is 30.5 Å². The Labute approximate surface area is 195 Å². The normalized spacial score (nSPS) is 26.3. The molecule has 4 heterocycles. The SMILES string of the molecule is CN1C(=O)[C@@]2(c3ccccc31)N(C)C[C@H](c1ncc[nH]1)[C@@]2(C#N)C(=O)c1c[nH]c2ccccc12. The molecule has 6 rings (SSSR count). The molecule has 2 aliphatic rings. The van der Waals surface area contributed by atoms with Crippen molar-refractivity contribution in [2.45, 2.75) is 11.5 Å². The number of amides is 1. The summed E-state index contributed by atoms with van der Waals surface area (Å²) in [6.07, 6.45) is 4.93. The molecule has 0 bridgehead atoms. The van der Waals surface area contributed by atoms with Crippen LogP contribution in [0.5, 0.6) is 0 Å². The lowest BCUT2D eigenvalue weighted by atomic mass is 9.59. The summed E-state index contributed by atoms with van der Waals surface area (Å²) in [5.74, 6) is -0.822. The number of hydrogen-bond donors (Lipinski definition) is 2. The average molecular weight is 451 g/mol. The van der Waals surface area contributed by atoms with Crippen molar-refractivity contribution in [2.24, 2.45) is 5.41 Å². The number of likely N-dealkylation sites (N-methyl/N-ethyl adjacent to an activating group) is 2. The number of aromatic nitrogens is 3. The quantitative estimate of drug-likeness (QED) is 0.466. The Bertz CT molecular complexity index is 1500. The predicted octanol–water partition coefficient (Wildman–Crippen LogP) is 3.18. The second kappa shape index (κ2) is 6.89. The Hall–Kier alpha value is -4.22. The fourth-order valence-electron chi connectivity index (χ4n) is 6.15. The molecule has 2 N–H and O–H groups in total. The number of carbonyl (C=O) groups is 2. The third-order valence-corrected chi connectivity index (χ3v) is 7.61. The van der Waals surface area contributed by atoms with Crippen molar-refractivity contribution in [1.29, 1.82) is 5.26 Å². The first-order chi connectivity index (χ1) is 16.5. The van der Waals surface area contributed by atoms with Crippen LogP contribution in [0.2, 0.25) is 0 Å². The molecule has 3 atom stereocenters. The molecule has 1 amide bonds. The number of fused-ring (bicyclic) bond motifs is 3. The highest BCUT2D eigenvalue weighted by molar-refractivity contribution is 6.19. The fourth-order valence-corrected chi connectivity index (χ4v) is 6.15. The largest absolute Gasteiger partial charge is 0.360 e. The van der Waals surface area contributed by atoms with Crippen LogP contribution in [0.3, 0.4) is 0 Å². The van der Waals surface area contributed by atoms with Crippen molar-refractivity contribution in [1.82, 2.24) is 19.9 Å². The van der Waals surface area contributed by atoms with Crippen LogP contribution in [-0.4, -0.2) is 52.2 Å². The molecule has 0 saturated carbocycles. The van der Waals surface area contributed by atoms with Gasteiger partial charge in [0, 0.05) is 59.9 Å². The number of nitrogens with one attached hydrogen (secondary N) is 2. The Balaban J connectivity index is 1.71. The number of Topliss-reactive ketones (excluding diaryl/α,β-unsaturated/α-hetero) is 1. The molecule has 2 aromatic heterocycles. The number of rotatable bonds is 3. The zero-order chi connectivity index (χ0) is 23.7. The van der Waals surface area contributed by atoms with Gasteiger partial charge in [-0.3, -0.25) is 14.5 Å². The van der Waals surface area contributed by atoms with Crippen LogP contribution in [0, 0.1) is 16.7 Å². The first-order valence-corrected chi connectivity index (χ1v) is 11.1. The van der Waals surface area contributed by atoms with E-state index in [2.05, 4.69) is 21.0 Å². The minimum Gasteiger partial charge on any atom is -0.360 e. The summed E-state index contributed by atoms with van der Waals surface area (Å²) < 4.78 is 0. The summed E-state index contributed by atoms with van der Waals surface area (Å²) in [6, 6.07) is 17.3. The summed E-state index contributed by atoms with van der Waals surface area (Å²) in [7, 11) is 3.51. The number of benzene rings is 2. The number of nitrogens with zero attached hydrogens (tertiary/aromatic N) is 4. The molecule has 8 heteroatoms. The van der Waals surface area contributed by atoms with Crippen molar-refractivity contribution in [2.75, 3.05) is 25.5 Å². The Morgan fingerprint density at radius 1 is 1.15 bits per heavy atom. The van der Waals surface area contributed by atoms with Crippen molar-refractivity contribution >= 4 is 28.3 Å². The van der Waals surface area contributed by atoms with Gasteiger partial charge in [0.25, 0.3) is 5.91 Å². The smallest absolute Gasteiger partial charge is 0.254 e. The third-order valence-electron chi connectivity index (χ3n) is 7.61. The van der Waals surface area contributed by atoms with E-state index >= 15 is 0 Å². The lowest BCUT2D eigenvalue weighted by Gasteiger charge is -2.41. The predicted molar refractivity (Wildman–Crippen MR) is 126 cm³/mol. The summed E-state index contributed by atoms with van der Waals surface area (Å²) in [5, 5.41) is 11.7. The molecule has 34 heavy (non-hydrogen) atoms. The molecule has 0 unspecified atom stereocenters. The van der Waals surface area contributed by atoms with Gasteiger partial charge in [0.2, 0.25) is 0 Å². The lowest BCUT2D eigenvalue weighted by Crippen LogP contribution is -2.59. The van der Waals surface area contributed by atoms with Crippen molar-refractivity contribution in [3.05, 3.63) is 84.1 Å². The van der Waals surface area contributed by atoms with Gasteiger partial charge in [0.1, 0.15) is 5.82 Å². The zero-order valence-electron chi connectivity index (χ0n) is 18.7. The maximum atomic E-state index is 14.7. The van der Waals surface area contributed by atoms with Gasteiger partial charge in [0.15, 0.2) is 16.7 Å². The Morgan fingerprint density at radius 2 is 1.91 bits per heavy atom. The topological polar surface area (TPSA) is 109 Å². The molecule has 1 fully saturated rings. The van der Waals surface area contributed by atoms with E-state index in [-0.39, 0.29) is 5.91 Å². The van der Waals surface area contributed by atoms with E-state index in [1.807, 2.05) is 60.5 Å². The summed E-state index contributed by atoms with van der Waals surface area (Å²) >= 11 is 0. The third kappa shape index (κ3) is 2.17. The number of likely N-dealkylation sites (tertiary alicyclic amines) is 1. The van der Waals surface area contributed by atoms with Gasteiger partial charge in [-0.05, 0) is 19.2 Å². The molecular formula is C26H22N6O2. The number of aromatic amines is 2. The number of para-hydroxylation sites is 2. The lowest BCUT2D eigenvalue weighted by molar-refractivity contribution is -0.130. The fraction of sp³-hybridized carbons (Fsp3) is 0.231. The van der Waals surface area contributed by atoms with Crippen LogP contribution < -0.4 is 4.90 Å². The van der Waals surface area contributed by atoms with Gasteiger partial charge in [-0.2, -0.15) is 5.26 Å². The highest BCUT2D eigenvalue weighted by atomic mass is 16.2. The van der Waals surface area contributed by atoms with E-state index in [4.69, 9.17) is 0 Å².